The van der Waals surface area contributed by atoms with Gasteiger partial charge in [0.2, 0.25) is 0 Å². The van der Waals surface area contributed by atoms with E-state index in [0.29, 0.717) is 24.4 Å². The predicted octanol–water partition coefficient (Wildman–Crippen LogP) is 3.88. The Labute approximate surface area is 167 Å². The van der Waals surface area contributed by atoms with Crippen LogP contribution in [0.1, 0.15) is 32.0 Å². The molecule has 6 nitrogen and oxygen atoms in total. The molecular formula is C23H19N3O3. The van der Waals surface area contributed by atoms with E-state index >= 15 is 0 Å². The van der Waals surface area contributed by atoms with E-state index in [1.54, 1.807) is 39.8 Å². The number of nitrogens with zero attached hydrogens (tertiary/aromatic N) is 3. The van der Waals surface area contributed by atoms with Crippen molar-refractivity contribution in [3.63, 3.8) is 0 Å². The average Bonchev–Trinajstić information content (AvgIpc) is 3.18. The van der Waals surface area contributed by atoms with Crippen molar-refractivity contribution >= 4 is 17.5 Å². The first-order valence-electron chi connectivity index (χ1n) is 9.19. The van der Waals surface area contributed by atoms with Crippen molar-refractivity contribution in [3.8, 4) is 0 Å². The molecule has 2 aromatic carbocycles. The first-order chi connectivity index (χ1) is 14.1. The molecule has 0 aliphatic rings. The predicted molar refractivity (Wildman–Crippen MR) is 109 cm³/mol. The first-order valence-corrected chi connectivity index (χ1v) is 9.19. The van der Waals surface area contributed by atoms with Crippen LogP contribution >= 0.6 is 0 Å². The Morgan fingerprint density at radius 1 is 0.862 bits per heavy atom. The SMILES string of the molecule is O=C(O)c1ccc(CN(Cc2ccccc2)C(=O)c2cnc3ccccn23)cc1. The summed E-state index contributed by atoms with van der Waals surface area (Å²) < 4.78 is 1.77. The number of aromatic nitrogens is 2. The minimum Gasteiger partial charge on any atom is -0.478 e. The highest BCUT2D eigenvalue weighted by Crippen LogP contribution is 2.16. The van der Waals surface area contributed by atoms with E-state index in [9.17, 15) is 9.59 Å². The Hall–Kier alpha value is -3.93. The van der Waals surface area contributed by atoms with Crippen molar-refractivity contribution < 1.29 is 14.7 Å². The lowest BCUT2D eigenvalue weighted by Crippen LogP contribution is -2.31. The molecule has 0 fully saturated rings. The first kappa shape index (κ1) is 18.4. The topological polar surface area (TPSA) is 74.9 Å². The third kappa shape index (κ3) is 4.01. The second-order valence-corrected chi connectivity index (χ2v) is 6.72. The van der Waals surface area contributed by atoms with E-state index < -0.39 is 5.97 Å². The fraction of sp³-hybridized carbons (Fsp3) is 0.0870. The van der Waals surface area contributed by atoms with Gasteiger partial charge in [0.05, 0.1) is 11.8 Å². The Morgan fingerprint density at radius 2 is 1.52 bits per heavy atom. The molecule has 0 aliphatic carbocycles. The van der Waals surface area contributed by atoms with Gasteiger partial charge in [-0.25, -0.2) is 9.78 Å². The standard InChI is InChI=1S/C23H19N3O3/c27-22(20-14-24-21-8-4-5-13-26(20)21)25(15-17-6-2-1-3-7-17)16-18-9-11-19(12-10-18)23(28)29/h1-14H,15-16H2,(H,28,29). The Kier molecular flexibility index (Phi) is 5.07. The maximum absolute atomic E-state index is 13.4. The summed E-state index contributed by atoms with van der Waals surface area (Å²) in [6, 6.07) is 21.9. The lowest BCUT2D eigenvalue weighted by Gasteiger charge is -2.23. The molecule has 2 aromatic heterocycles. The summed E-state index contributed by atoms with van der Waals surface area (Å²) in [6.45, 7) is 0.786. The fourth-order valence-electron chi connectivity index (χ4n) is 3.23. The zero-order valence-corrected chi connectivity index (χ0v) is 15.6. The molecule has 0 saturated carbocycles. The number of amides is 1. The van der Waals surface area contributed by atoms with Gasteiger partial charge in [0, 0.05) is 19.3 Å². The van der Waals surface area contributed by atoms with E-state index in [-0.39, 0.29) is 11.5 Å². The van der Waals surface area contributed by atoms with Gasteiger partial charge < -0.3 is 10.0 Å². The smallest absolute Gasteiger partial charge is 0.335 e. The molecule has 0 saturated heterocycles. The van der Waals surface area contributed by atoms with Crippen LogP contribution in [-0.4, -0.2) is 31.3 Å². The summed E-state index contributed by atoms with van der Waals surface area (Å²) >= 11 is 0. The molecule has 1 amide bonds. The number of hydrogen-bond acceptors (Lipinski definition) is 3. The van der Waals surface area contributed by atoms with Crippen molar-refractivity contribution in [2.75, 3.05) is 0 Å². The van der Waals surface area contributed by atoms with Crippen LogP contribution in [0.25, 0.3) is 5.65 Å². The Balaban J connectivity index is 1.66. The van der Waals surface area contributed by atoms with Crippen molar-refractivity contribution in [2.45, 2.75) is 13.1 Å². The largest absolute Gasteiger partial charge is 0.478 e. The highest BCUT2D eigenvalue weighted by Gasteiger charge is 2.20. The van der Waals surface area contributed by atoms with Gasteiger partial charge in [-0.15, -0.1) is 0 Å². The van der Waals surface area contributed by atoms with Crippen molar-refractivity contribution in [3.05, 3.63) is 108 Å². The number of carboxylic acid groups (broad SMARTS) is 1. The number of fused-ring (bicyclic) bond motifs is 1. The Morgan fingerprint density at radius 3 is 2.21 bits per heavy atom. The van der Waals surface area contributed by atoms with Crippen LogP contribution in [0.2, 0.25) is 0 Å². The summed E-state index contributed by atoms with van der Waals surface area (Å²) in [7, 11) is 0. The van der Waals surface area contributed by atoms with E-state index in [2.05, 4.69) is 4.98 Å². The molecular weight excluding hydrogens is 366 g/mol. The van der Waals surface area contributed by atoms with Gasteiger partial charge in [-0.1, -0.05) is 48.5 Å². The van der Waals surface area contributed by atoms with Gasteiger partial charge in [-0.05, 0) is 35.4 Å². The van der Waals surface area contributed by atoms with Crippen LogP contribution in [0.4, 0.5) is 0 Å². The van der Waals surface area contributed by atoms with Gasteiger partial charge in [-0.3, -0.25) is 9.20 Å². The molecule has 2 heterocycles. The number of carboxylic acids is 1. The third-order valence-electron chi connectivity index (χ3n) is 4.71. The zero-order valence-electron chi connectivity index (χ0n) is 15.6. The molecule has 0 bridgehead atoms. The molecule has 0 atom stereocenters. The number of rotatable bonds is 6. The summed E-state index contributed by atoms with van der Waals surface area (Å²) in [6.07, 6.45) is 3.40. The molecule has 0 spiro atoms. The van der Waals surface area contributed by atoms with Gasteiger partial charge in [-0.2, -0.15) is 0 Å². The molecule has 4 aromatic rings. The molecule has 1 N–H and O–H groups in total. The van der Waals surface area contributed by atoms with E-state index in [0.717, 1.165) is 11.1 Å². The lowest BCUT2D eigenvalue weighted by molar-refractivity contribution is 0.0692. The number of benzene rings is 2. The molecule has 0 aliphatic heterocycles. The second-order valence-electron chi connectivity index (χ2n) is 6.72. The number of hydrogen-bond donors (Lipinski definition) is 1. The normalized spacial score (nSPS) is 10.8. The molecule has 144 valence electrons. The van der Waals surface area contributed by atoms with Crippen LogP contribution in [0.5, 0.6) is 0 Å². The van der Waals surface area contributed by atoms with Crippen LogP contribution in [0.3, 0.4) is 0 Å². The van der Waals surface area contributed by atoms with E-state index in [4.69, 9.17) is 5.11 Å². The molecule has 6 heteroatoms. The van der Waals surface area contributed by atoms with Crippen LogP contribution in [0.15, 0.2) is 85.2 Å². The third-order valence-corrected chi connectivity index (χ3v) is 4.71. The van der Waals surface area contributed by atoms with Gasteiger partial charge >= 0.3 is 5.97 Å². The second kappa shape index (κ2) is 7.98. The van der Waals surface area contributed by atoms with Gasteiger partial charge in [0.25, 0.3) is 5.91 Å². The van der Waals surface area contributed by atoms with Crippen molar-refractivity contribution in [2.24, 2.45) is 0 Å². The van der Waals surface area contributed by atoms with E-state index in [1.165, 1.54) is 0 Å². The summed E-state index contributed by atoms with van der Waals surface area (Å²) in [5.41, 5.74) is 3.28. The molecule has 4 rings (SSSR count). The molecule has 29 heavy (non-hydrogen) atoms. The van der Waals surface area contributed by atoms with Crippen LogP contribution < -0.4 is 0 Å². The highest BCUT2D eigenvalue weighted by molar-refractivity contribution is 5.93. The quantitative estimate of drug-likeness (QED) is 0.547. The number of carbonyl (C=O) groups is 2. The minimum atomic E-state index is -0.973. The lowest BCUT2D eigenvalue weighted by atomic mass is 10.1. The summed E-state index contributed by atoms with van der Waals surface area (Å²) in [5.74, 6) is -1.12. The monoisotopic (exact) mass is 385 g/mol. The van der Waals surface area contributed by atoms with E-state index in [1.807, 2.05) is 54.7 Å². The number of imidazole rings is 1. The van der Waals surface area contributed by atoms with Gasteiger partial charge in [0.1, 0.15) is 11.3 Å². The van der Waals surface area contributed by atoms with Crippen molar-refractivity contribution in [1.29, 1.82) is 0 Å². The van der Waals surface area contributed by atoms with Crippen molar-refractivity contribution in [1.82, 2.24) is 14.3 Å². The maximum Gasteiger partial charge on any atom is 0.335 e. The maximum atomic E-state index is 13.4. The van der Waals surface area contributed by atoms with Crippen LogP contribution in [0, 0.1) is 0 Å². The average molecular weight is 385 g/mol. The molecule has 0 unspecified atom stereocenters. The fourth-order valence-corrected chi connectivity index (χ4v) is 3.23. The number of aromatic carboxylic acids is 1. The summed E-state index contributed by atoms with van der Waals surface area (Å²) in [4.78, 5) is 30.5. The zero-order chi connectivity index (χ0) is 20.2. The molecule has 0 radical (unpaired) electrons. The van der Waals surface area contributed by atoms with Gasteiger partial charge in [0.15, 0.2) is 0 Å². The minimum absolute atomic E-state index is 0.144. The highest BCUT2D eigenvalue weighted by atomic mass is 16.4. The Bertz CT molecular complexity index is 1150. The number of carbonyl (C=O) groups excluding carboxylic acids is 1. The number of pyridine rings is 1. The van der Waals surface area contributed by atoms with Crippen LogP contribution in [-0.2, 0) is 13.1 Å². The summed E-state index contributed by atoms with van der Waals surface area (Å²) in [5, 5.41) is 9.09.